The van der Waals surface area contributed by atoms with Gasteiger partial charge in [-0.3, -0.25) is 0 Å². The van der Waals surface area contributed by atoms with Gasteiger partial charge in [-0.05, 0) is 24.0 Å². The van der Waals surface area contributed by atoms with Crippen LogP contribution in [0.3, 0.4) is 0 Å². The molecule has 0 aliphatic carbocycles. The summed E-state index contributed by atoms with van der Waals surface area (Å²) >= 11 is 4.26. The van der Waals surface area contributed by atoms with Gasteiger partial charge in [0.2, 0.25) is 0 Å². The fourth-order valence-electron chi connectivity index (χ4n) is 1.92. The quantitative estimate of drug-likeness (QED) is 0.475. The van der Waals surface area contributed by atoms with Crippen LogP contribution in [-0.2, 0) is 12.2 Å². The number of hydrogen-bond acceptors (Lipinski definition) is 1. The molecule has 90 valence electrons. The van der Waals surface area contributed by atoms with Gasteiger partial charge in [-0.25, -0.2) is 0 Å². The summed E-state index contributed by atoms with van der Waals surface area (Å²) < 4.78 is 0. The lowest BCUT2D eigenvalue weighted by atomic mass is 10.0. The Morgan fingerprint density at radius 3 is 2.00 bits per heavy atom. The first-order chi connectivity index (χ1) is 7.86. The van der Waals surface area contributed by atoms with E-state index in [2.05, 4.69) is 43.8 Å². The summed E-state index contributed by atoms with van der Waals surface area (Å²) in [6.07, 6.45) is 9.51. The van der Waals surface area contributed by atoms with Gasteiger partial charge >= 0.3 is 0 Å². The average molecular weight is 236 g/mol. The molecule has 0 bridgehead atoms. The van der Waals surface area contributed by atoms with Crippen LogP contribution in [0.2, 0.25) is 0 Å². The minimum Gasteiger partial charge on any atom is -0.175 e. The second-order valence-corrected chi connectivity index (χ2v) is 4.81. The van der Waals surface area contributed by atoms with Gasteiger partial charge in [0.05, 0.1) is 0 Å². The summed E-state index contributed by atoms with van der Waals surface area (Å²) in [4.78, 5) is 0. The fraction of sp³-hybridized carbons (Fsp3) is 0.600. The lowest BCUT2D eigenvalue weighted by molar-refractivity contribution is 0.607. The Hall–Kier alpha value is -0.430. The van der Waals surface area contributed by atoms with E-state index in [1.54, 1.807) is 0 Å². The van der Waals surface area contributed by atoms with E-state index in [0.717, 1.165) is 5.75 Å². The van der Waals surface area contributed by atoms with Crippen molar-refractivity contribution in [1.82, 2.24) is 0 Å². The monoisotopic (exact) mass is 236 g/mol. The van der Waals surface area contributed by atoms with Crippen LogP contribution >= 0.6 is 12.6 Å². The Morgan fingerprint density at radius 2 is 1.38 bits per heavy atom. The highest BCUT2D eigenvalue weighted by molar-refractivity contribution is 7.79. The third-order valence-corrected chi connectivity index (χ3v) is 3.39. The van der Waals surface area contributed by atoms with Crippen LogP contribution in [0.5, 0.6) is 0 Å². The van der Waals surface area contributed by atoms with Crippen molar-refractivity contribution in [3.63, 3.8) is 0 Å². The van der Waals surface area contributed by atoms with E-state index in [-0.39, 0.29) is 0 Å². The van der Waals surface area contributed by atoms with Gasteiger partial charge in [-0.15, -0.1) is 0 Å². The summed E-state index contributed by atoms with van der Waals surface area (Å²) in [7, 11) is 0. The smallest absolute Gasteiger partial charge is 0.0154 e. The van der Waals surface area contributed by atoms with Gasteiger partial charge in [0.1, 0.15) is 0 Å². The molecule has 0 saturated heterocycles. The lowest BCUT2D eigenvalue weighted by Crippen LogP contribution is -1.87. The van der Waals surface area contributed by atoms with Crippen molar-refractivity contribution >= 4 is 12.6 Å². The molecule has 0 fully saturated rings. The van der Waals surface area contributed by atoms with Gasteiger partial charge < -0.3 is 0 Å². The predicted octanol–water partition coefficient (Wildman–Crippen LogP) is 5.02. The van der Waals surface area contributed by atoms with Gasteiger partial charge in [0.25, 0.3) is 0 Å². The molecule has 0 aliphatic rings. The van der Waals surface area contributed by atoms with Crippen LogP contribution < -0.4 is 0 Å². The van der Waals surface area contributed by atoms with Crippen molar-refractivity contribution in [3.8, 4) is 0 Å². The first-order valence-corrected chi connectivity index (χ1v) is 7.18. The molecule has 0 amide bonds. The number of unbranched alkanes of at least 4 members (excludes halogenated alkanes) is 5. The van der Waals surface area contributed by atoms with E-state index < -0.39 is 0 Å². The van der Waals surface area contributed by atoms with E-state index in [4.69, 9.17) is 0 Å². The summed E-state index contributed by atoms with van der Waals surface area (Å²) in [6.45, 7) is 2.27. The molecule has 1 rings (SSSR count). The molecule has 0 unspecified atom stereocenters. The zero-order valence-corrected chi connectivity index (χ0v) is 11.3. The topological polar surface area (TPSA) is 0 Å². The van der Waals surface area contributed by atoms with Crippen molar-refractivity contribution in [2.75, 3.05) is 0 Å². The Labute approximate surface area is 106 Å². The summed E-state index contributed by atoms with van der Waals surface area (Å²) in [5.74, 6) is 0.845. The molecule has 0 N–H and O–H groups in total. The standard InChI is InChI=1S/C15H24S/c1-2-3-4-5-6-7-8-14-9-11-15(13-16)12-10-14/h9-12,16H,2-8,13H2,1H3. The van der Waals surface area contributed by atoms with Gasteiger partial charge in [0.15, 0.2) is 0 Å². The summed E-state index contributed by atoms with van der Waals surface area (Å²) in [5, 5.41) is 0. The van der Waals surface area contributed by atoms with Crippen LogP contribution in [0, 0.1) is 0 Å². The first kappa shape index (κ1) is 13.6. The molecule has 0 aromatic heterocycles. The number of aryl methyl sites for hydroxylation is 1. The van der Waals surface area contributed by atoms with Crippen molar-refractivity contribution in [1.29, 1.82) is 0 Å². The molecule has 0 nitrogen and oxygen atoms in total. The summed E-state index contributed by atoms with van der Waals surface area (Å²) in [6, 6.07) is 8.88. The van der Waals surface area contributed by atoms with Crippen molar-refractivity contribution in [2.45, 2.75) is 57.6 Å². The molecule has 1 aromatic rings. The number of benzene rings is 1. The highest BCUT2D eigenvalue weighted by atomic mass is 32.1. The van der Waals surface area contributed by atoms with E-state index in [0.29, 0.717) is 0 Å². The van der Waals surface area contributed by atoms with Crippen LogP contribution in [0.4, 0.5) is 0 Å². The number of rotatable bonds is 8. The molecule has 0 saturated carbocycles. The minimum atomic E-state index is 0.845. The van der Waals surface area contributed by atoms with Crippen LogP contribution in [0.25, 0.3) is 0 Å². The SMILES string of the molecule is CCCCCCCCc1ccc(CS)cc1. The van der Waals surface area contributed by atoms with Crippen LogP contribution in [-0.4, -0.2) is 0 Å². The normalized spacial score (nSPS) is 10.6. The van der Waals surface area contributed by atoms with Gasteiger partial charge in [-0.1, -0.05) is 63.3 Å². The largest absolute Gasteiger partial charge is 0.175 e. The van der Waals surface area contributed by atoms with E-state index in [9.17, 15) is 0 Å². The predicted molar refractivity (Wildman–Crippen MR) is 76.2 cm³/mol. The van der Waals surface area contributed by atoms with Crippen LogP contribution in [0.15, 0.2) is 24.3 Å². The maximum atomic E-state index is 4.26. The molecular weight excluding hydrogens is 212 g/mol. The van der Waals surface area contributed by atoms with E-state index >= 15 is 0 Å². The molecule has 0 atom stereocenters. The highest BCUT2D eigenvalue weighted by Crippen LogP contribution is 2.11. The molecule has 16 heavy (non-hydrogen) atoms. The van der Waals surface area contributed by atoms with Crippen molar-refractivity contribution in [3.05, 3.63) is 35.4 Å². The van der Waals surface area contributed by atoms with E-state index in [1.165, 1.54) is 56.1 Å². The average Bonchev–Trinajstić information content (AvgIpc) is 2.34. The molecule has 0 spiro atoms. The molecule has 1 heteroatoms. The fourth-order valence-corrected chi connectivity index (χ4v) is 2.13. The first-order valence-electron chi connectivity index (χ1n) is 6.55. The molecule has 0 radical (unpaired) electrons. The third-order valence-electron chi connectivity index (χ3n) is 3.02. The Bertz CT molecular complexity index is 263. The zero-order valence-electron chi connectivity index (χ0n) is 10.4. The summed E-state index contributed by atoms with van der Waals surface area (Å²) in [5.41, 5.74) is 2.79. The Morgan fingerprint density at radius 1 is 0.812 bits per heavy atom. The molecule has 0 aliphatic heterocycles. The van der Waals surface area contributed by atoms with Crippen molar-refractivity contribution in [2.24, 2.45) is 0 Å². The minimum absolute atomic E-state index is 0.845. The van der Waals surface area contributed by atoms with Crippen molar-refractivity contribution < 1.29 is 0 Å². The van der Waals surface area contributed by atoms with E-state index in [1.807, 2.05) is 0 Å². The molecular formula is C15H24S. The maximum Gasteiger partial charge on any atom is 0.0154 e. The zero-order chi connectivity index (χ0) is 11.6. The Kier molecular flexibility index (Phi) is 7.41. The highest BCUT2D eigenvalue weighted by Gasteiger charge is 1.94. The van der Waals surface area contributed by atoms with Crippen LogP contribution in [0.1, 0.15) is 56.6 Å². The lowest BCUT2D eigenvalue weighted by Gasteiger charge is -2.03. The maximum absolute atomic E-state index is 4.26. The Balaban J connectivity index is 2.12. The molecule has 0 heterocycles. The van der Waals surface area contributed by atoms with Gasteiger partial charge in [-0.2, -0.15) is 12.6 Å². The van der Waals surface area contributed by atoms with Gasteiger partial charge in [0, 0.05) is 5.75 Å². The number of hydrogen-bond donors (Lipinski definition) is 1. The molecule has 1 aromatic carbocycles. The third kappa shape index (κ3) is 5.60. The number of thiol groups is 1. The second-order valence-electron chi connectivity index (χ2n) is 4.49. The second kappa shape index (κ2) is 8.69.